The maximum atomic E-state index is 5.56. The Morgan fingerprint density at radius 3 is 2.73 bits per heavy atom. The summed E-state index contributed by atoms with van der Waals surface area (Å²) in [4.78, 5) is 1.32. The molecule has 1 aromatic carbocycles. The van der Waals surface area contributed by atoms with Gasteiger partial charge in [0.1, 0.15) is 0 Å². The van der Waals surface area contributed by atoms with Crippen molar-refractivity contribution in [3.8, 4) is 0 Å². The summed E-state index contributed by atoms with van der Waals surface area (Å²) in [5.41, 5.74) is 6.75. The zero-order valence-corrected chi connectivity index (χ0v) is 9.63. The standard InChI is InChI=1S/C12H17NOS/c13-8-10-3-5-11(6-4-10)15-12-2-1-7-14-9-12/h3-6,12H,1-2,7-9,13H2. The van der Waals surface area contributed by atoms with Crippen molar-refractivity contribution in [3.63, 3.8) is 0 Å². The molecule has 0 amide bonds. The Bertz CT molecular complexity index is 293. The van der Waals surface area contributed by atoms with Crippen LogP contribution in [0.2, 0.25) is 0 Å². The van der Waals surface area contributed by atoms with Gasteiger partial charge in [-0.3, -0.25) is 0 Å². The molecule has 1 aliphatic rings. The zero-order chi connectivity index (χ0) is 10.5. The SMILES string of the molecule is NCc1ccc(SC2CCCOC2)cc1. The first kappa shape index (κ1) is 11.0. The van der Waals surface area contributed by atoms with Crippen LogP contribution in [0.25, 0.3) is 0 Å². The Labute approximate surface area is 95.2 Å². The first-order chi connectivity index (χ1) is 7.38. The van der Waals surface area contributed by atoms with Crippen molar-refractivity contribution < 1.29 is 4.74 Å². The highest BCUT2D eigenvalue weighted by atomic mass is 32.2. The fraction of sp³-hybridized carbons (Fsp3) is 0.500. The van der Waals surface area contributed by atoms with Crippen molar-refractivity contribution in [2.24, 2.45) is 5.73 Å². The van der Waals surface area contributed by atoms with Crippen molar-refractivity contribution in [2.45, 2.75) is 29.5 Å². The molecule has 1 heterocycles. The molecule has 0 spiro atoms. The smallest absolute Gasteiger partial charge is 0.0588 e. The van der Waals surface area contributed by atoms with Crippen LogP contribution >= 0.6 is 11.8 Å². The van der Waals surface area contributed by atoms with E-state index in [1.165, 1.54) is 23.3 Å². The summed E-state index contributed by atoms with van der Waals surface area (Å²) in [6.07, 6.45) is 2.46. The summed E-state index contributed by atoms with van der Waals surface area (Å²) in [7, 11) is 0. The van der Waals surface area contributed by atoms with Gasteiger partial charge in [0.15, 0.2) is 0 Å². The topological polar surface area (TPSA) is 35.2 Å². The molecule has 1 aliphatic heterocycles. The summed E-state index contributed by atoms with van der Waals surface area (Å²) in [5.74, 6) is 0. The third kappa shape index (κ3) is 3.23. The summed E-state index contributed by atoms with van der Waals surface area (Å²) in [6.45, 7) is 2.45. The molecule has 2 N–H and O–H groups in total. The van der Waals surface area contributed by atoms with E-state index in [1.54, 1.807) is 0 Å². The summed E-state index contributed by atoms with van der Waals surface area (Å²) in [6, 6.07) is 8.51. The van der Waals surface area contributed by atoms with E-state index in [1.807, 2.05) is 11.8 Å². The van der Waals surface area contributed by atoms with E-state index in [-0.39, 0.29) is 0 Å². The van der Waals surface area contributed by atoms with Crippen molar-refractivity contribution >= 4 is 11.8 Å². The fourth-order valence-corrected chi connectivity index (χ4v) is 2.83. The van der Waals surface area contributed by atoms with E-state index in [9.17, 15) is 0 Å². The molecule has 15 heavy (non-hydrogen) atoms. The van der Waals surface area contributed by atoms with Crippen LogP contribution in [0.4, 0.5) is 0 Å². The van der Waals surface area contributed by atoms with Crippen LogP contribution in [-0.4, -0.2) is 18.5 Å². The van der Waals surface area contributed by atoms with Crippen LogP contribution in [0.3, 0.4) is 0 Å². The predicted octanol–water partition coefficient (Wildman–Crippen LogP) is 2.42. The van der Waals surface area contributed by atoms with Gasteiger partial charge in [0.25, 0.3) is 0 Å². The predicted molar refractivity (Wildman–Crippen MR) is 64.0 cm³/mol. The number of benzene rings is 1. The second-order valence-corrected chi connectivity index (χ2v) is 5.18. The number of nitrogens with two attached hydrogens (primary N) is 1. The van der Waals surface area contributed by atoms with Crippen LogP contribution in [0.1, 0.15) is 18.4 Å². The molecule has 0 aromatic heterocycles. The van der Waals surface area contributed by atoms with E-state index < -0.39 is 0 Å². The normalized spacial score (nSPS) is 21.5. The number of hydrogen-bond donors (Lipinski definition) is 1. The molecule has 1 fully saturated rings. The van der Waals surface area contributed by atoms with Gasteiger partial charge in [0.2, 0.25) is 0 Å². The quantitative estimate of drug-likeness (QED) is 0.854. The highest BCUT2D eigenvalue weighted by Gasteiger charge is 2.14. The minimum Gasteiger partial charge on any atom is -0.380 e. The second-order valence-electron chi connectivity index (χ2n) is 3.81. The molecule has 0 bridgehead atoms. The van der Waals surface area contributed by atoms with Crippen LogP contribution < -0.4 is 5.73 Å². The van der Waals surface area contributed by atoms with Gasteiger partial charge in [-0.05, 0) is 30.5 Å². The third-order valence-corrected chi connectivity index (χ3v) is 3.83. The van der Waals surface area contributed by atoms with E-state index >= 15 is 0 Å². The highest BCUT2D eigenvalue weighted by Crippen LogP contribution is 2.28. The summed E-state index contributed by atoms with van der Waals surface area (Å²) < 4.78 is 5.46. The van der Waals surface area contributed by atoms with Crippen molar-refractivity contribution in [2.75, 3.05) is 13.2 Å². The monoisotopic (exact) mass is 223 g/mol. The van der Waals surface area contributed by atoms with Crippen molar-refractivity contribution in [1.29, 1.82) is 0 Å². The lowest BCUT2D eigenvalue weighted by molar-refractivity contribution is 0.101. The van der Waals surface area contributed by atoms with E-state index in [0.29, 0.717) is 11.8 Å². The molecule has 1 unspecified atom stereocenters. The van der Waals surface area contributed by atoms with Crippen LogP contribution in [0.5, 0.6) is 0 Å². The molecule has 2 rings (SSSR count). The molecule has 2 nitrogen and oxygen atoms in total. The lowest BCUT2D eigenvalue weighted by Gasteiger charge is -2.21. The molecule has 82 valence electrons. The summed E-state index contributed by atoms with van der Waals surface area (Å²) >= 11 is 1.92. The van der Waals surface area contributed by atoms with Gasteiger partial charge in [-0.2, -0.15) is 0 Å². The average Bonchev–Trinajstić information content (AvgIpc) is 2.31. The van der Waals surface area contributed by atoms with Gasteiger partial charge in [-0.15, -0.1) is 11.8 Å². The molecular formula is C12H17NOS. The lowest BCUT2D eigenvalue weighted by Crippen LogP contribution is -2.19. The van der Waals surface area contributed by atoms with Crippen LogP contribution in [0, 0.1) is 0 Å². The number of rotatable bonds is 3. The molecule has 0 radical (unpaired) electrons. The minimum absolute atomic E-state index is 0.623. The number of thioether (sulfide) groups is 1. The van der Waals surface area contributed by atoms with Crippen LogP contribution in [0.15, 0.2) is 29.2 Å². The van der Waals surface area contributed by atoms with E-state index in [4.69, 9.17) is 10.5 Å². The molecule has 0 saturated carbocycles. The van der Waals surface area contributed by atoms with Gasteiger partial charge in [-0.1, -0.05) is 12.1 Å². The van der Waals surface area contributed by atoms with Crippen molar-refractivity contribution in [1.82, 2.24) is 0 Å². The maximum absolute atomic E-state index is 5.56. The first-order valence-corrected chi connectivity index (χ1v) is 6.30. The fourth-order valence-electron chi connectivity index (χ4n) is 1.70. The zero-order valence-electron chi connectivity index (χ0n) is 8.82. The Kier molecular flexibility index (Phi) is 4.06. The molecule has 1 atom stereocenters. The van der Waals surface area contributed by atoms with Gasteiger partial charge < -0.3 is 10.5 Å². The lowest BCUT2D eigenvalue weighted by atomic mass is 10.2. The number of ether oxygens (including phenoxy) is 1. The highest BCUT2D eigenvalue weighted by molar-refractivity contribution is 8.00. The Morgan fingerprint density at radius 2 is 2.13 bits per heavy atom. The molecule has 1 saturated heterocycles. The summed E-state index contributed by atoms with van der Waals surface area (Å²) in [5, 5.41) is 0.627. The average molecular weight is 223 g/mol. The Morgan fingerprint density at radius 1 is 1.33 bits per heavy atom. The second kappa shape index (κ2) is 5.54. The largest absolute Gasteiger partial charge is 0.380 e. The van der Waals surface area contributed by atoms with E-state index in [2.05, 4.69) is 24.3 Å². The molecule has 3 heteroatoms. The maximum Gasteiger partial charge on any atom is 0.0588 e. The minimum atomic E-state index is 0.623. The van der Waals surface area contributed by atoms with Crippen molar-refractivity contribution in [3.05, 3.63) is 29.8 Å². The Hall–Kier alpha value is -0.510. The van der Waals surface area contributed by atoms with Gasteiger partial charge in [0.05, 0.1) is 6.61 Å². The Balaban J connectivity index is 1.91. The molecular weight excluding hydrogens is 206 g/mol. The van der Waals surface area contributed by atoms with Gasteiger partial charge in [0, 0.05) is 23.3 Å². The third-order valence-electron chi connectivity index (χ3n) is 2.58. The molecule has 1 aromatic rings. The van der Waals surface area contributed by atoms with Crippen LogP contribution in [-0.2, 0) is 11.3 Å². The van der Waals surface area contributed by atoms with Gasteiger partial charge in [-0.25, -0.2) is 0 Å². The number of hydrogen-bond acceptors (Lipinski definition) is 3. The van der Waals surface area contributed by atoms with E-state index in [0.717, 1.165) is 13.2 Å². The van der Waals surface area contributed by atoms with Gasteiger partial charge >= 0.3 is 0 Å². The molecule has 0 aliphatic carbocycles. The first-order valence-electron chi connectivity index (χ1n) is 5.42.